The van der Waals surface area contributed by atoms with Crippen molar-refractivity contribution in [2.45, 2.75) is 0 Å². The number of hydrogen-bond donors (Lipinski definition) is 1. The lowest BCUT2D eigenvalue weighted by Crippen LogP contribution is -2.06. The Morgan fingerprint density at radius 3 is 2.57 bits per heavy atom. The van der Waals surface area contributed by atoms with E-state index in [2.05, 4.69) is 9.97 Å². The van der Waals surface area contributed by atoms with Gasteiger partial charge in [-0.2, -0.15) is 0 Å². The van der Waals surface area contributed by atoms with Crippen molar-refractivity contribution in [3.8, 4) is 17.1 Å². The second kappa shape index (κ2) is 4.98. The number of pyridine rings is 1. The Kier molecular flexibility index (Phi) is 2.94. The number of aromatic nitrogens is 3. The molecule has 2 aromatic carbocycles. The van der Waals surface area contributed by atoms with Crippen LogP contribution in [0.25, 0.3) is 33.3 Å². The Bertz CT molecular complexity index is 1080. The van der Waals surface area contributed by atoms with Crippen molar-refractivity contribution in [2.24, 2.45) is 7.05 Å². The molecular formula is C18H15N3O2. The van der Waals surface area contributed by atoms with Crippen LogP contribution in [0.4, 0.5) is 0 Å². The third kappa shape index (κ3) is 2.01. The SMILES string of the molecule is COc1ccc(-c2nc3c(=O)[nH]c4ccccc4c3n2C)cc1. The van der Waals surface area contributed by atoms with E-state index in [9.17, 15) is 4.79 Å². The molecule has 0 saturated heterocycles. The van der Waals surface area contributed by atoms with Crippen LogP contribution >= 0.6 is 0 Å². The molecule has 23 heavy (non-hydrogen) atoms. The van der Waals surface area contributed by atoms with Gasteiger partial charge in [0.05, 0.1) is 18.1 Å². The van der Waals surface area contributed by atoms with Gasteiger partial charge < -0.3 is 14.3 Å². The number of imidazole rings is 1. The average Bonchev–Trinajstić information content (AvgIpc) is 2.94. The van der Waals surface area contributed by atoms with Gasteiger partial charge in [-0.25, -0.2) is 4.98 Å². The van der Waals surface area contributed by atoms with Crippen molar-refractivity contribution < 1.29 is 4.74 Å². The highest BCUT2D eigenvalue weighted by Gasteiger charge is 2.15. The minimum absolute atomic E-state index is 0.172. The van der Waals surface area contributed by atoms with Gasteiger partial charge in [0, 0.05) is 18.0 Å². The van der Waals surface area contributed by atoms with Crippen LogP contribution in [-0.2, 0) is 7.05 Å². The Morgan fingerprint density at radius 2 is 1.83 bits per heavy atom. The summed E-state index contributed by atoms with van der Waals surface area (Å²) in [5.41, 5.74) is 2.88. The first-order valence-corrected chi connectivity index (χ1v) is 7.31. The van der Waals surface area contributed by atoms with Gasteiger partial charge in [0.25, 0.3) is 5.56 Å². The van der Waals surface area contributed by atoms with Crippen molar-refractivity contribution in [3.05, 3.63) is 58.9 Å². The summed E-state index contributed by atoms with van der Waals surface area (Å²) in [6.45, 7) is 0. The van der Waals surface area contributed by atoms with Crippen LogP contribution in [0.1, 0.15) is 0 Å². The summed E-state index contributed by atoms with van der Waals surface area (Å²) < 4.78 is 7.16. The highest BCUT2D eigenvalue weighted by Crippen LogP contribution is 2.27. The fraction of sp³-hybridized carbons (Fsp3) is 0.111. The zero-order valence-corrected chi connectivity index (χ0v) is 12.8. The van der Waals surface area contributed by atoms with Gasteiger partial charge in [-0.3, -0.25) is 4.79 Å². The standard InChI is InChI=1S/C18H15N3O2/c1-21-16-13-5-3-4-6-14(13)19-18(22)15(16)20-17(21)11-7-9-12(23-2)10-8-11/h3-10H,1-2H3,(H,19,22). The lowest BCUT2D eigenvalue weighted by Gasteiger charge is -2.05. The number of nitrogens with zero attached hydrogens (tertiary/aromatic N) is 2. The van der Waals surface area contributed by atoms with E-state index in [4.69, 9.17) is 4.74 Å². The Balaban J connectivity index is 2.05. The molecule has 1 N–H and O–H groups in total. The quantitative estimate of drug-likeness (QED) is 0.619. The molecule has 0 saturated carbocycles. The first kappa shape index (κ1) is 13.6. The summed E-state index contributed by atoms with van der Waals surface area (Å²) >= 11 is 0. The predicted molar refractivity (Wildman–Crippen MR) is 90.8 cm³/mol. The van der Waals surface area contributed by atoms with Crippen LogP contribution in [0, 0.1) is 0 Å². The van der Waals surface area contributed by atoms with E-state index in [-0.39, 0.29) is 5.56 Å². The van der Waals surface area contributed by atoms with Crippen LogP contribution in [-0.4, -0.2) is 21.6 Å². The molecule has 0 bridgehead atoms. The molecule has 0 aliphatic rings. The first-order chi connectivity index (χ1) is 11.2. The van der Waals surface area contributed by atoms with Gasteiger partial charge in [-0.15, -0.1) is 0 Å². The molecule has 114 valence electrons. The molecule has 0 aliphatic carbocycles. The molecule has 4 aromatic rings. The molecule has 5 nitrogen and oxygen atoms in total. The normalized spacial score (nSPS) is 11.2. The topological polar surface area (TPSA) is 59.9 Å². The minimum Gasteiger partial charge on any atom is -0.497 e. The van der Waals surface area contributed by atoms with Crippen LogP contribution < -0.4 is 10.3 Å². The van der Waals surface area contributed by atoms with Crippen LogP contribution in [0.15, 0.2) is 53.3 Å². The number of para-hydroxylation sites is 1. The maximum atomic E-state index is 12.3. The monoisotopic (exact) mass is 305 g/mol. The van der Waals surface area contributed by atoms with Gasteiger partial charge in [-0.05, 0) is 30.3 Å². The first-order valence-electron chi connectivity index (χ1n) is 7.31. The Hall–Kier alpha value is -3.08. The molecule has 0 unspecified atom stereocenters. The largest absolute Gasteiger partial charge is 0.497 e. The number of rotatable bonds is 2. The summed E-state index contributed by atoms with van der Waals surface area (Å²) in [5.74, 6) is 1.54. The van der Waals surface area contributed by atoms with E-state index in [0.717, 1.165) is 33.6 Å². The van der Waals surface area contributed by atoms with Crippen molar-refractivity contribution >= 4 is 21.9 Å². The van der Waals surface area contributed by atoms with Crippen LogP contribution in [0.2, 0.25) is 0 Å². The number of aryl methyl sites for hydroxylation is 1. The fourth-order valence-electron chi connectivity index (χ4n) is 2.94. The van der Waals surface area contributed by atoms with Crippen molar-refractivity contribution in [3.63, 3.8) is 0 Å². The highest BCUT2D eigenvalue weighted by atomic mass is 16.5. The molecule has 0 radical (unpaired) electrons. The van der Waals surface area contributed by atoms with Gasteiger partial charge in [0.2, 0.25) is 0 Å². The molecule has 0 spiro atoms. The molecule has 0 fully saturated rings. The molecule has 4 rings (SSSR count). The van der Waals surface area contributed by atoms with E-state index in [1.165, 1.54) is 0 Å². The van der Waals surface area contributed by atoms with Crippen LogP contribution in [0.3, 0.4) is 0 Å². The van der Waals surface area contributed by atoms with Gasteiger partial charge in [0.1, 0.15) is 11.6 Å². The van der Waals surface area contributed by atoms with Gasteiger partial charge in [-0.1, -0.05) is 18.2 Å². The minimum atomic E-state index is -0.172. The Labute approximate surface area is 132 Å². The zero-order valence-electron chi connectivity index (χ0n) is 12.8. The number of nitrogens with one attached hydrogen (secondary N) is 1. The summed E-state index contributed by atoms with van der Waals surface area (Å²) in [6, 6.07) is 15.4. The maximum absolute atomic E-state index is 12.3. The predicted octanol–water partition coefficient (Wildman–Crippen LogP) is 3.09. The van der Waals surface area contributed by atoms with Crippen molar-refractivity contribution in [1.82, 2.24) is 14.5 Å². The van der Waals surface area contributed by atoms with Crippen LogP contribution in [0.5, 0.6) is 5.75 Å². The molecular weight excluding hydrogens is 290 g/mol. The molecule has 5 heteroatoms. The fourth-order valence-corrected chi connectivity index (χ4v) is 2.94. The lowest BCUT2D eigenvalue weighted by molar-refractivity contribution is 0.415. The van der Waals surface area contributed by atoms with E-state index in [1.807, 2.05) is 60.1 Å². The zero-order chi connectivity index (χ0) is 16.0. The second-order valence-corrected chi connectivity index (χ2v) is 5.42. The second-order valence-electron chi connectivity index (χ2n) is 5.42. The summed E-state index contributed by atoms with van der Waals surface area (Å²) in [6.07, 6.45) is 0. The van der Waals surface area contributed by atoms with Gasteiger partial charge >= 0.3 is 0 Å². The number of benzene rings is 2. The lowest BCUT2D eigenvalue weighted by atomic mass is 10.2. The number of hydrogen-bond acceptors (Lipinski definition) is 3. The van der Waals surface area contributed by atoms with E-state index < -0.39 is 0 Å². The van der Waals surface area contributed by atoms with E-state index in [0.29, 0.717) is 5.52 Å². The summed E-state index contributed by atoms with van der Waals surface area (Å²) in [5, 5.41) is 0.983. The Morgan fingerprint density at radius 1 is 1.09 bits per heavy atom. The third-order valence-electron chi connectivity index (χ3n) is 4.09. The number of ether oxygens (including phenoxy) is 1. The van der Waals surface area contributed by atoms with E-state index >= 15 is 0 Å². The molecule has 0 amide bonds. The highest BCUT2D eigenvalue weighted by molar-refractivity contribution is 6.03. The number of aromatic amines is 1. The molecule has 0 atom stereocenters. The van der Waals surface area contributed by atoms with Crippen molar-refractivity contribution in [2.75, 3.05) is 7.11 Å². The number of methoxy groups -OCH3 is 1. The number of H-pyrrole nitrogens is 1. The van der Waals surface area contributed by atoms with Gasteiger partial charge in [0.15, 0.2) is 5.52 Å². The molecule has 2 heterocycles. The van der Waals surface area contributed by atoms with Crippen molar-refractivity contribution in [1.29, 1.82) is 0 Å². The smallest absolute Gasteiger partial charge is 0.276 e. The molecule has 0 aliphatic heterocycles. The summed E-state index contributed by atoms with van der Waals surface area (Å²) in [4.78, 5) is 19.8. The average molecular weight is 305 g/mol. The maximum Gasteiger partial charge on any atom is 0.276 e. The van der Waals surface area contributed by atoms with E-state index in [1.54, 1.807) is 7.11 Å². The number of fused-ring (bicyclic) bond motifs is 3. The summed E-state index contributed by atoms with van der Waals surface area (Å²) in [7, 11) is 3.57. The third-order valence-corrected chi connectivity index (χ3v) is 4.09. The molecule has 2 aromatic heterocycles.